The fourth-order valence-corrected chi connectivity index (χ4v) is 4.27. The van der Waals surface area contributed by atoms with Crippen LogP contribution in [0.1, 0.15) is 22.3 Å². The molecule has 0 spiro atoms. The molecule has 0 unspecified atom stereocenters. The molecule has 0 radical (unpaired) electrons. The molecular weight excluding hydrogens is 330 g/mol. The topological polar surface area (TPSA) is 41.6 Å². The molecule has 0 fully saturated rings. The molecule has 128 valence electrons. The molecule has 1 aromatic heterocycles. The summed E-state index contributed by atoms with van der Waals surface area (Å²) in [6.45, 7) is 0. The Bertz CT molecular complexity index is 1150. The van der Waals surface area contributed by atoms with E-state index in [2.05, 4.69) is 82.5 Å². The van der Waals surface area contributed by atoms with Crippen LogP contribution in [0.4, 0.5) is 0 Å². The predicted octanol–water partition coefficient (Wildman–Crippen LogP) is 4.77. The molecule has 4 aromatic rings. The lowest BCUT2D eigenvalue weighted by molar-refractivity contribution is 0.450. The standard InChI is InChI=1S/C24H17N3/c25-17-19-10-12-20(13-11-19)24(16-18-6-2-1-3-7-18)22-9-5-4-8-21(22)23-26-14-15-27(23)24/h1-15H,16H2/t24-/m0/s1. The summed E-state index contributed by atoms with van der Waals surface area (Å²) in [4.78, 5) is 4.64. The maximum absolute atomic E-state index is 9.21. The van der Waals surface area contributed by atoms with Crippen molar-refractivity contribution in [3.8, 4) is 17.5 Å². The minimum absolute atomic E-state index is 0.377. The second-order valence-electron chi connectivity index (χ2n) is 6.88. The van der Waals surface area contributed by atoms with Gasteiger partial charge in [-0.05, 0) is 28.8 Å². The molecule has 3 nitrogen and oxygen atoms in total. The fraction of sp³-hybridized carbons (Fsp3) is 0.0833. The number of nitrogens with zero attached hydrogens (tertiary/aromatic N) is 3. The van der Waals surface area contributed by atoms with Crippen LogP contribution in [-0.2, 0) is 12.0 Å². The molecule has 0 aliphatic carbocycles. The molecule has 1 aliphatic rings. The average molecular weight is 347 g/mol. The van der Waals surface area contributed by atoms with Crippen LogP contribution < -0.4 is 0 Å². The second kappa shape index (κ2) is 5.96. The summed E-state index contributed by atoms with van der Waals surface area (Å²) in [6.07, 6.45) is 4.76. The number of hydrogen-bond acceptors (Lipinski definition) is 2. The Labute approximate surface area is 158 Å². The zero-order valence-corrected chi connectivity index (χ0v) is 14.7. The SMILES string of the molecule is N#Cc1ccc([C@@]2(Cc3ccccc3)c3ccccc3-c3nccn32)cc1. The first kappa shape index (κ1) is 15.6. The molecule has 27 heavy (non-hydrogen) atoms. The van der Waals surface area contributed by atoms with Crippen LogP contribution in [0.15, 0.2) is 91.3 Å². The summed E-state index contributed by atoms with van der Waals surface area (Å²) in [7, 11) is 0. The summed E-state index contributed by atoms with van der Waals surface area (Å²) >= 11 is 0. The van der Waals surface area contributed by atoms with Crippen LogP contribution in [0, 0.1) is 11.3 Å². The number of benzene rings is 3. The number of rotatable bonds is 3. The van der Waals surface area contributed by atoms with E-state index in [1.807, 2.05) is 24.4 Å². The van der Waals surface area contributed by atoms with Gasteiger partial charge in [-0.25, -0.2) is 4.98 Å². The van der Waals surface area contributed by atoms with Gasteiger partial charge in [0, 0.05) is 24.4 Å². The maximum atomic E-state index is 9.21. The summed E-state index contributed by atoms with van der Waals surface area (Å²) in [5.74, 6) is 0.992. The molecule has 2 heterocycles. The van der Waals surface area contributed by atoms with Gasteiger partial charge in [-0.3, -0.25) is 0 Å². The Morgan fingerprint density at radius 3 is 2.41 bits per heavy atom. The minimum atomic E-state index is -0.377. The largest absolute Gasteiger partial charge is 0.316 e. The van der Waals surface area contributed by atoms with E-state index in [4.69, 9.17) is 0 Å². The lowest BCUT2D eigenvalue weighted by Gasteiger charge is -2.34. The molecular formula is C24H17N3. The smallest absolute Gasteiger partial charge is 0.141 e. The molecule has 0 saturated heterocycles. The van der Waals surface area contributed by atoms with Crippen LogP contribution in [0.5, 0.6) is 0 Å². The van der Waals surface area contributed by atoms with Crippen LogP contribution in [0.25, 0.3) is 11.4 Å². The number of imidazole rings is 1. The van der Waals surface area contributed by atoms with Gasteiger partial charge in [0.2, 0.25) is 0 Å². The van der Waals surface area contributed by atoms with E-state index in [1.165, 1.54) is 16.7 Å². The summed E-state index contributed by atoms with van der Waals surface area (Å²) in [6, 6.07) is 29.2. The van der Waals surface area contributed by atoms with Crippen molar-refractivity contribution in [2.75, 3.05) is 0 Å². The quantitative estimate of drug-likeness (QED) is 0.536. The fourth-order valence-electron chi connectivity index (χ4n) is 4.27. The van der Waals surface area contributed by atoms with Gasteiger partial charge >= 0.3 is 0 Å². The number of aromatic nitrogens is 2. The van der Waals surface area contributed by atoms with E-state index in [-0.39, 0.29) is 5.54 Å². The first-order valence-electron chi connectivity index (χ1n) is 9.01. The lowest BCUT2D eigenvalue weighted by Crippen LogP contribution is -2.35. The number of hydrogen-bond donors (Lipinski definition) is 0. The van der Waals surface area contributed by atoms with Crippen molar-refractivity contribution in [3.05, 3.63) is 114 Å². The third-order valence-corrected chi connectivity index (χ3v) is 5.46. The first-order chi connectivity index (χ1) is 13.3. The number of nitriles is 1. The molecule has 0 amide bonds. The molecule has 1 atom stereocenters. The van der Waals surface area contributed by atoms with Crippen molar-refractivity contribution in [2.24, 2.45) is 0 Å². The van der Waals surface area contributed by atoms with E-state index < -0.39 is 0 Å². The molecule has 5 rings (SSSR count). The number of fused-ring (bicyclic) bond motifs is 3. The van der Waals surface area contributed by atoms with Crippen molar-refractivity contribution in [2.45, 2.75) is 12.0 Å². The first-order valence-corrected chi connectivity index (χ1v) is 9.01. The van der Waals surface area contributed by atoms with Crippen LogP contribution >= 0.6 is 0 Å². The van der Waals surface area contributed by atoms with Crippen molar-refractivity contribution in [1.29, 1.82) is 5.26 Å². The van der Waals surface area contributed by atoms with Gasteiger partial charge in [0.1, 0.15) is 11.4 Å². The Kier molecular flexibility index (Phi) is 3.45. The highest BCUT2D eigenvalue weighted by Gasteiger charge is 2.44. The highest BCUT2D eigenvalue weighted by atomic mass is 15.2. The third-order valence-electron chi connectivity index (χ3n) is 5.46. The zero-order valence-electron chi connectivity index (χ0n) is 14.7. The van der Waals surface area contributed by atoms with Crippen molar-refractivity contribution in [1.82, 2.24) is 9.55 Å². The Hall–Kier alpha value is -3.64. The predicted molar refractivity (Wildman–Crippen MR) is 105 cm³/mol. The average Bonchev–Trinajstić information content (AvgIpc) is 3.31. The van der Waals surface area contributed by atoms with Crippen LogP contribution in [0.3, 0.4) is 0 Å². The summed E-state index contributed by atoms with van der Waals surface area (Å²) in [5.41, 5.74) is 5.14. The van der Waals surface area contributed by atoms with E-state index in [0.717, 1.165) is 17.8 Å². The molecule has 3 aromatic carbocycles. The summed E-state index contributed by atoms with van der Waals surface area (Å²) < 4.78 is 2.28. The van der Waals surface area contributed by atoms with Crippen molar-refractivity contribution in [3.63, 3.8) is 0 Å². The molecule has 1 aliphatic heterocycles. The molecule has 0 bridgehead atoms. The van der Waals surface area contributed by atoms with E-state index in [1.54, 1.807) is 0 Å². The van der Waals surface area contributed by atoms with Gasteiger partial charge in [0.05, 0.1) is 11.6 Å². The van der Waals surface area contributed by atoms with Crippen molar-refractivity contribution >= 4 is 0 Å². The van der Waals surface area contributed by atoms with Gasteiger partial charge in [0.25, 0.3) is 0 Å². The second-order valence-corrected chi connectivity index (χ2v) is 6.88. The highest BCUT2D eigenvalue weighted by molar-refractivity contribution is 5.71. The monoisotopic (exact) mass is 347 g/mol. The Morgan fingerprint density at radius 1 is 0.889 bits per heavy atom. The van der Waals surface area contributed by atoms with E-state index in [9.17, 15) is 5.26 Å². The van der Waals surface area contributed by atoms with E-state index >= 15 is 0 Å². The van der Waals surface area contributed by atoms with Gasteiger partial charge in [-0.1, -0.05) is 66.7 Å². The van der Waals surface area contributed by atoms with Gasteiger partial charge < -0.3 is 4.57 Å². The highest BCUT2D eigenvalue weighted by Crippen LogP contribution is 2.48. The third kappa shape index (κ3) is 2.24. The Balaban J connectivity index is 1.81. The molecule has 0 saturated carbocycles. The zero-order chi connectivity index (χ0) is 18.3. The normalized spacial score (nSPS) is 17.1. The lowest BCUT2D eigenvalue weighted by atomic mass is 9.78. The molecule has 0 N–H and O–H groups in total. The summed E-state index contributed by atoms with van der Waals surface area (Å²) in [5, 5.41) is 9.21. The van der Waals surface area contributed by atoms with Gasteiger partial charge in [0.15, 0.2) is 0 Å². The van der Waals surface area contributed by atoms with E-state index in [0.29, 0.717) is 5.56 Å². The van der Waals surface area contributed by atoms with Crippen LogP contribution in [0.2, 0.25) is 0 Å². The van der Waals surface area contributed by atoms with Crippen molar-refractivity contribution < 1.29 is 0 Å². The van der Waals surface area contributed by atoms with Gasteiger partial charge in [-0.15, -0.1) is 0 Å². The Morgan fingerprint density at radius 2 is 1.63 bits per heavy atom. The van der Waals surface area contributed by atoms with Crippen LogP contribution in [-0.4, -0.2) is 9.55 Å². The van der Waals surface area contributed by atoms with Gasteiger partial charge in [-0.2, -0.15) is 5.26 Å². The molecule has 3 heteroatoms. The maximum Gasteiger partial charge on any atom is 0.141 e. The minimum Gasteiger partial charge on any atom is -0.316 e.